The molecule has 1 aromatic carbocycles. The van der Waals surface area contributed by atoms with Crippen molar-refractivity contribution in [1.29, 1.82) is 0 Å². The standard InChI is InChI=1S/C13H19NO4/c1-3-18-13(17)11-5-4-6-12(9(11)2)14-7-10(16)8-15/h4-6,10,14-16H,3,7-8H2,1-2H3. The van der Waals surface area contributed by atoms with Gasteiger partial charge < -0.3 is 20.3 Å². The molecule has 0 bridgehead atoms. The summed E-state index contributed by atoms with van der Waals surface area (Å²) in [6.07, 6.45) is -0.823. The molecule has 0 amide bonds. The van der Waals surface area contributed by atoms with Gasteiger partial charge in [-0.1, -0.05) is 6.07 Å². The van der Waals surface area contributed by atoms with Crippen LogP contribution in [0.15, 0.2) is 18.2 Å². The van der Waals surface area contributed by atoms with Crippen molar-refractivity contribution < 1.29 is 19.7 Å². The molecule has 0 saturated carbocycles. The topological polar surface area (TPSA) is 78.8 Å². The normalized spacial score (nSPS) is 12.0. The van der Waals surface area contributed by atoms with Crippen molar-refractivity contribution in [2.45, 2.75) is 20.0 Å². The monoisotopic (exact) mass is 253 g/mol. The highest BCUT2D eigenvalue weighted by molar-refractivity contribution is 5.92. The molecule has 0 saturated heterocycles. The van der Waals surface area contributed by atoms with Crippen LogP contribution in [0, 0.1) is 6.92 Å². The van der Waals surface area contributed by atoms with E-state index in [-0.39, 0.29) is 19.1 Å². The zero-order valence-corrected chi connectivity index (χ0v) is 10.6. The second-order valence-electron chi connectivity index (χ2n) is 3.92. The number of carbonyl (C=O) groups excluding carboxylic acids is 1. The van der Waals surface area contributed by atoms with E-state index in [0.29, 0.717) is 12.2 Å². The van der Waals surface area contributed by atoms with Crippen molar-refractivity contribution in [2.24, 2.45) is 0 Å². The minimum absolute atomic E-state index is 0.226. The van der Waals surface area contributed by atoms with Crippen molar-refractivity contribution in [3.8, 4) is 0 Å². The van der Waals surface area contributed by atoms with Gasteiger partial charge in [-0.15, -0.1) is 0 Å². The fraction of sp³-hybridized carbons (Fsp3) is 0.462. The number of anilines is 1. The lowest BCUT2D eigenvalue weighted by Crippen LogP contribution is -2.23. The number of aliphatic hydroxyl groups excluding tert-OH is 2. The van der Waals surface area contributed by atoms with Gasteiger partial charge in [0.1, 0.15) is 0 Å². The molecule has 5 nitrogen and oxygen atoms in total. The van der Waals surface area contributed by atoms with Crippen LogP contribution in [-0.4, -0.2) is 42.0 Å². The summed E-state index contributed by atoms with van der Waals surface area (Å²) in [5, 5.41) is 21.0. The summed E-state index contributed by atoms with van der Waals surface area (Å²) in [5.41, 5.74) is 2.01. The molecule has 0 heterocycles. The van der Waals surface area contributed by atoms with E-state index in [1.807, 2.05) is 6.07 Å². The van der Waals surface area contributed by atoms with Crippen molar-refractivity contribution in [3.63, 3.8) is 0 Å². The van der Waals surface area contributed by atoms with Gasteiger partial charge in [-0.25, -0.2) is 4.79 Å². The summed E-state index contributed by atoms with van der Waals surface area (Å²) >= 11 is 0. The molecule has 5 heteroatoms. The smallest absolute Gasteiger partial charge is 0.338 e. The first kappa shape index (κ1) is 14.5. The molecule has 1 rings (SSSR count). The number of rotatable bonds is 6. The third-order valence-electron chi connectivity index (χ3n) is 2.57. The van der Waals surface area contributed by atoms with Crippen LogP contribution >= 0.6 is 0 Å². The van der Waals surface area contributed by atoms with Gasteiger partial charge >= 0.3 is 5.97 Å². The van der Waals surface area contributed by atoms with Gasteiger partial charge in [0.05, 0.1) is 24.9 Å². The van der Waals surface area contributed by atoms with Crippen molar-refractivity contribution >= 4 is 11.7 Å². The molecule has 100 valence electrons. The summed E-state index contributed by atoms with van der Waals surface area (Å²) in [5.74, 6) is -0.360. The Balaban J connectivity index is 2.81. The zero-order chi connectivity index (χ0) is 13.5. The number of benzene rings is 1. The second-order valence-corrected chi connectivity index (χ2v) is 3.92. The average molecular weight is 253 g/mol. The molecule has 3 N–H and O–H groups in total. The van der Waals surface area contributed by atoms with Gasteiger partial charge in [0.25, 0.3) is 0 Å². The Morgan fingerprint density at radius 3 is 2.83 bits per heavy atom. The fourth-order valence-electron chi connectivity index (χ4n) is 1.55. The lowest BCUT2D eigenvalue weighted by molar-refractivity contribution is 0.0525. The highest BCUT2D eigenvalue weighted by Crippen LogP contribution is 2.19. The number of ether oxygens (including phenoxy) is 1. The minimum Gasteiger partial charge on any atom is -0.462 e. The lowest BCUT2D eigenvalue weighted by Gasteiger charge is -2.14. The van der Waals surface area contributed by atoms with Gasteiger partial charge in [-0.2, -0.15) is 0 Å². The van der Waals surface area contributed by atoms with E-state index in [0.717, 1.165) is 11.3 Å². The van der Waals surface area contributed by atoms with E-state index in [2.05, 4.69) is 5.32 Å². The summed E-state index contributed by atoms with van der Waals surface area (Å²) in [6, 6.07) is 5.25. The van der Waals surface area contributed by atoms with Crippen LogP contribution in [0.5, 0.6) is 0 Å². The number of hydrogen-bond acceptors (Lipinski definition) is 5. The van der Waals surface area contributed by atoms with E-state index in [9.17, 15) is 9.90 Å². The number of nitrogens with one attached hydrogen (secondary N) is 1. The van der Waals surface area contributed by atoms with Crippen LogP contribution in [0.25, 0.3) is 0 Å². The summed E-state index contributed by atoms with van der Waals surface area (Å²) in [7, 11) is 0. The maximum atomic E-state index is 11.7. The van der Waals surface area contributed by atoms with Gasteiger partial charge in [0.2, 0.25) is 0 Å². The first-order valence-electron chi connectivity index (χ1n) is 5.89. The third-order valence-corrected chi connectivity index (χ3v) is 2.57. The van der Waals surface area contributed by atoms with E-state index >= 15 is 0 Å². The third kappa shape index (κ3) is 3.72. The first-order valence-corrected chi connectivity index (χ1v) is 5.89. The quantitative estimate of drug-likeness (QED) is 0.657. The summed E-state index contributed by atoms with van der Waals surface area (Å²) in [4.78, 5) is 11.7. The zero-order valence-electron chi connectivity index (χ0n) is 10.6. The van der Waals surface area contributed by atoms with Crippen molar-refractivity contribution in [2.75, 3.05) is 25.1 Å². The largest absolute Gasteiger partial charge is 0.462 e. The van der Waals surface area contributed by atoms with Crippen LogP contribution in [0.2, 0.25) is 0 Å². The molecular weight excluding hydrogens is 234 g/mol. The molecule has 18 heavy (non-hydrogen) atoms. The Hall–Kier alpha value is -1.59. The van der Waals surface area contributed by atoms with Crippen LogP contribution in [0.4, 0.5) is 5.69 Å². The van der Waals surface area contributed by atoms with Crippen LogP contribution in [-0.2, 0) is 4.74 Å². The SMILES string of the molecule is CCOC(=O)c1cccc(NCC(O)CO)c1C. The molecule has 0 aromatic heterocycles. The summed E-state index contributed by atoms with van der Waals surface area (Å²) < 4.78 is 4.95. The molecule has 0 radical (unpaired) electrons. The van der Waals surface area contributed by atoms with Gasteiger partial charge in [0, 0.05) is 12.2 Å². The highest BCUT2D eigenvalue weighted by Gasteiger charge is 2.12. The molecular formula is C13H19NO4. The number of esters is 1. The van der Waals surface area contributed by atoms with Gasteiger partial charge in [-0.05, 0) is 31.5 Å². The molecule has 0 aliphatic heterocycles. The predicted molar refractivity (Wildman–Crippen MR) is 68.7 cm³/mol. The maximum absolute atomic E-state index is 11.7. The molecule has 1 unspecified atom stereocenters. The molecule has 0 aliphatic rings. The number of carbonyl (C=O) groups is 1. The second kappa shape index (κ2) is 6.98. The van der Waals surface area contributed by atoms with Crippen LogP contribution in [0.1, 0.15) is 22.8 Å². The summed E-state index contributed by atoms with van der Waals surface area (Å²) in [6.45, 7) is 3.82. The Kier molecular flexibility index (Phi) is 5.61. The minimum atomic E-state index is -0.823. The van der Waals surface area contributed by atoms with Crippen LogP contribution < -0.4 is 5.32 Å². The lowest BCUT2D eigenvalue weighted by atomic mass is 10.1. The van der Waals surface area contributed by atoms with E-state index in [1.54, 1.807) is 26.0 Å². The first-order chi connectivity index (χ1) is 8.60. The average Bonchev–Trinajstić information content (AvgIpc) is 2.37. The Bertz CT molecular complexity index is 406. The molecule has 0 spiro atoms. The Labute approximate surface area is 106 Å². The van der Waals surface area contributed by atoms with Gasteiger partial charge in [-0.3, -0.25) is 0 Å². The Morgan fingerprint density at radius 1 is 1.50 bits per heavy atom. The van der Waals surface area contributed by atoms with Crippen molar-refractivity contribution in [3.05, 3.63) is 29.3 Å². The van der Waals surface area contributed by atoms with Crippen molar-refractivity contribution in [1.82, 2.24) is 0 Å². The highest BCUT2D eigenvalue weighted by atomic mass is 16.5. The Morgan fingerprint density at radius 2 is 2.22 bits per heavy atom. The number of hydrogen-bond donors (Lipinski definition) is 3. The fourth-order valence-corrected chi connectivity index (χ4v) is 1.55. The number of aliphatic hydroxyl groups is 2. The molecule has 1 atom stereocenters. The van der Waals surface area contributed by atoms with E-state index in [4.69, 9.17) is 9.84 Å². The maximum Gasteiger partial charge on any atom is 0.338 e. The molecule has 0 fully saturated rings. The predicted octanol–water partition coefficient (Wildman–Crippen LogP) is 0.937. The van der Waals surface area contributed by atoms with E-state index < -0.39 is 6.10 Å². The molecule has 0 aliphatic carbocycles. The van der Waals surface area contributed by atoms with Crippen LogP contribution in [0.3, 0.4) is 0 Å². The molecule has 1 aromatic rings. The van der Waals surface area contributed by atoms with Gasteiger partial charge in [0.15, 0.2) is 0 Å². The van der Waals surface area contributed by atoms with E-state index in [1.165, 1.54) is 0 Å².